The number of nitrogens with zero attached hydrogens (tertiary/aromatic N) is 3. The van der Waals surface area contributed by atoms with Crippen LogP contribution in [0.3, 0.4) is 0 Å². The lowest BCUT2D eigenvalue weighted by molar-refractivity contribution is -0.120. The van der Waals surface area contributed by atoms with Gasteiger partial charge in [-0.3, -0.25) is 9.69 Å². The summed E-state index contributed by atoms with van der Waals surface area (Å²) in [6.07, 6.45) is 4.42. The lowest BCUT2D eigenvalue weighted by Gasteiger charge is -2.25. The van der Waals surface area contributed by atoms with Gasteiger partial charge in [-0.15, -0.1) is 0 Å². The highest BCUT2D eigenvalue weighted by molar-refractivity contribution is 5.98. The third kappa shape index (κ3) is 4.41. The van der Waals surface area contributed by atoms with E-state index in [1.165, 1.54) is 0 Å². The molecular formula is C15H22N4O3. The minimum Gasteiger partial charge on any atom is -0.444 e. The molecule has 2 amide bonds. The molecule has 1 unspecified atom stereocenters. The highest BCUT2D eigenvalue weighted by Crippen LogP contribution is 2.30. The Bertz CT molecular complexity index is 537. The van der Waals surface area contributed by atoms with Crippen molar-refractivity contribution in [3.8, 4) is 0 Å². The van der Waals surface area contributed by atoms with Gasteiger partial charge in [-0.1, -0.05) is 0 Å². The number of amides is 2. The predicted molar refractivity (Wildman–Crippen MR) is 81.4 cm³/mol. The molecule has 1 fully saturated rings. The average molecular weight is 306 g/mol. The first kappa shape index (κ1) is 16.2. The Morgan fingerprint density at radius 2 is 1.91 bits per heavy atom. The van der Waals surface area contributed by atoms with Crippen LogP contribution in [0.4, 0.5) is 10.7 Å². The Hall–Kier alpha value is -2.18. The summed E-state index contributed by atoms with van der Waals surface area (Å²) in [6, 6.07) is 1.10. The number of alkyl carbamates (subject to hydrolysis) is 1. The van der Waals surface area contributed by atoms with E-state index in [-0.39, 0.29) is 11.9 Å². The molecule has 0 radical (unpaired) electrons. The molecule has 0 spiro atoms. The molecule has 7 nitrogen and oxygen atoms in total. The van der Waals surface area contributed by atoms with E-state index in [0.717, 1.165) is 12.8 Å². The van der Waals surface area contributed by atoms with Gasteiger partial charge in [0, 0.05) is 18.4 Å². The summed E-state index contributed by atoms with van der Waals surface area (Å²) >= 11 is 0. The molecule has 2 rings (SSSR count). The average Bonchev–Trinajstić information content (AvgIpc) is 3.22. The Morgan fingerprint density at radius 1 is 1.32 bits per heavy atom. The number of aromatic nitrogens is 2. The molecule has 1 aromatic rings. The van der Waals surface area contributed by atoms with Crippen LogP contribution in [0.1, 0.15) is 40.5 Å². The molecule has 1 aliphatic carbocycles. The maximum absolute atomic E-state index is 12.6. The molecular weight excluding hydrogens is 284 g/mol. The summed E-state index contributed by atoms with van der Waals surface area (Å²) in [5.74, 6) is 0.132. The minimum atomic E-state index is -0.709. The predicted octanol–water partition coefficient (Wildman–Crippen LogP) is 1.89. The van der Waals surface area contributed by atoms with Crippen LogP contribution < -0.4 is 10.2 Å². The summed E-state index contributed by atoms with van der Waals surface area (Å²) in [4.78, 5) is 34.2. The Balaban J connectivity index is 2.03. The van der Waals surface area contributed by atoms with Crippen molar-refractivity contribution in [3.63, 3.8) is 0 Å². The fraction of sp³-hybridized carbons (Fsp3) is 0.600. The van der Waals surface area contributed by atoms with Crippen molar-refractivity contribution in [1.82, 2.24) is 15.3 Å². The van der Waals surface area contributed by atoms with Crippen LogP contribution in [0.2, 0.25) is 0 Å². The molecule has 7 heteroatoms. The molecule has 0 aromatic carbocycles. The van der Waals surface area contributed by atoms with Crippen LogP contribution >= 0.6 is 0 Å². The minimum absolute atomic E-state index is 0.109. The van der Waals surface area contributed by atoms with Gasteiger partial charge in [-0.25, -0.2) is 14.8 Å². The monoisotopic (exact) mass is 306 g/mol. The third-order valence-electron chi connectivity index (χ3n) is 3.02. The Morgan fingerprint density at radius 3 is 2.41 bits per heavy atom. The smallest absolute Gasteiger partial charge is 0.408 e. The Labute approximate surface area is 130 Å². The second-order valence-electron chi connectivity index (χ2n) is 6.36. The van der Waals surface area contributed by atoms with Crippen molar-refractivity contribution < 1.29 is 14.3 Å². The lowest BCUT2D eigenvalue weighted by atomic mass is 10.2. The second-order valence-corrected chi connectivity index (χ2v) is 6.36. The van der Waals surface area contributed by atoms with Gasteiger partial charge in [0.05, 0.1) is 0 Å². The van der Waals surface area contributed by atoms with Crippen LogP contribution in [0.5, 0.6) is 0 Å². The summed E-state index contributed by atoms with van der Waals surface area (Å²) in [5.41, 5.74) is -0.606. The fourth-order valence-corrected chi connectivity index (χ4v) is 1.94. The molecule has 22 heavy (non-hydrogen) atoms. The number of rotatable bonds is 4. The van der Waals surface area contributed by atoms with Crippen molar-refractivity contribution in [2.75, 3.05) is 4.90 Å². The summed E-state index contributed by atoms with van der Waals surface area (Å²) < 4.78 is 5.17. The number of carbonyl (C=O) groups excluding carboxylic acids is 2. The van der Waals surface area contributed by atoms with Crippen LogP contribution in [-0.4, -0.2) is 39.7 Å². The highest BCUT2D eigenvalue weighted by atomic mass is 16.6. The zero-order valence-corrected chi connectivity index (χ0v) is 13.4. The van der Waals surface area contributed by atoms with E-state index in [9.17, 15) is 9.59 Å². The van der Waals surface area contributed by atoms with E-state index >= 15 is 0 Å². The summed E-state index contributed by atoms with van der Waals surface area (Å²) in [7, 11) is 0. The van der Waals surface area contributed by atoms with Crippen molar-refractivity contribution in [1.29, 1.82) is 0 Å². The highest BCUT2D eigenvalue weighted by Gasteiger charge is 2.37. The molecule has 1 aliphatic rings. The molecule has 1 saturated carbocycles. The van der Waals surface area contributed by atoms with Crippen molar-refractivity contribution in [2.24, 2.45) is 0 Å². The van der Waals surface area contributed by atoms with Gasteiger partial charge >= 0.3 is 6.09 Å². The van der Waals surface area contributed by atoms with Gasteiger partial charge in [-0.05, 0) is 46.6 Å². The molecule has 0 bridgehead atoms. The number of carbonyl (C=O) groups is 2. The van der Waals surface area contributed by atoms with Crippen LogP contribution in [0, 0.1) is 0 Å². The van der Waals surface area contributed by atoms with Crippen LogP contribution in [0.15, 0.2) is 18.5 Å². The summed E-state index contributed by atoms with van der Waals surface area (Å²) in [5, 5.41) is 2.56. The van der Waals surface area contributed by atoms with Crippen molar-refractivity contribution in [2.45, 2.75) is 58.2 Å². The molecule has 1 heterocycles. The van der Waals surface area contributed by atoms with E-state index in [4.69, 9.17) is 4.74 Å². The largest absolute Gasteiger partial charge is 0.444 e. The van der Waals surface area contributed by atoms with Gasteiger partial charge in [0.2, 0.25) is 5.95 Å². The normalized spacial score (nSPS) is 15.8. The van der Waals surface area contributed by atoms with Crippen molar-refractivity contribution >= 4 is 17.9 Å². The topological polar surface area (TPSA) is 84.4 Å². The quantitative estimate of drug-likeness (QED) is 0.918. The fourth-order valence-electron chi connectivity index (χ4n) is 1.94. The molecule has 1 N–H and O–H groups in total. The van der Waals surface area contributed by atoms with Gasteiger partial charge in [0.25, 0.3) is 5.91 Å². The van der Waals surface area contributed by atoms with Crippen LogP contribution in [0.25, 0.3) is 0 Å². The van der Waals surface area contributed by atoms with Gasteiger partial charge in [0.15, 0.2) is 0 Å². The molecule has 0 aliphatic heterocycles. The molecule has 1 atom stereocenters. The van der Waals surface area contributed by atoms with E-state index in [1.54, 1.807) is 51.1 Å². The van der Waals surface area contributed by atoms with E-state index in [0.29, 0.717) is 5.95 Å². The van der Waals surface area contributed by atoms with Gasteiger partial charge in [-0.2, -0.15) is 0 Å². The van der Waals surface area contributed by atoms with Crippen LogP contribution in [-0.2, 0) is 9.53 Å². The lowest BCUT2D eigenvalue weighted by Crippen LogP contribution is -2.49. The zero-order valence-electron chi connectivity index (χ0n) is 13.4. The number of nitrogens with one attached hydrogen (secondary N) is 1. The number of anilines is 1. The molecule has 1 aromatic heterocycles. The molecule has 120 valence electrons. The number of hydrogen-bond acceptors (Lipinski definition) is 5. The maximum Gasteiger partial charge on any atom is 0.408 e. The first-order valence-corrected chi connectivity index (χ1v) is 7.37. The summed E-state index contributed by atoms with van der Waals surface area (Å²) in [6.45, 7) is 6.94. The zero-order chi connectivity index (χ0) is 16.3. The van der Waals surface area contributed by atoms with E-state index in [2.05, 4.69) is 15.3 Å². The van der Waals surface area contributed by atoms with Crippen molar-refractivity contribution in [3.05, 3.63) is 18.5 Å². The number of hydrogen-bond donors (Lipinski definition) is 1. The van der Waals surface area contributed by atoms with Gasteiger partial charge < -0.3 is 10.1 Å². The first-order chi connectivity index (χ1) is 10.3. The second kappa shape index (κ2) is 6.29. The van der Waals surface area contributed by atoms with E-state index < -0.39 is 17.7 Å². The first-order valence-electron chi connectivity index (χ1n) is 7.37. The standard InChI is InChI=1S/C15H22N4O3/c1-10(18-14(21)22-15(2,3)4)12(20)19(11-6-7-11)13-16-8-5-9-17-13/h5,8-11H,6-7H2,1-4H3,(H,18,21). The Kier molecular flexibility index (Phi) is 4.63. The SMILES string of the molecule is CC(NC(=O)OC(C)(C)C)C(=O)N(c1ncccn1)C1CC1. The maximum atomic E-state index is 12.6. The van der Waals surface area contributed by atoms with E-state index in [1.807, 2.05) is 0 Å². The number of ether oxygens (including phenoxy) is 1. The third-order valence-corrected chi connectivity index (χ3v) is 3.02. The van der Waals surface area contributed by atoms with Gasteiger partial charge in [0.1, 0.15) is 11.6 Å². The molecule has 0 saturated heterocycles.